The molecule has 0 saturated carbocycles. The fraction of sp³-hybridized carbons (Fsp3) is 0.227. The largest absolute Gasteiger partial charge is 0.369 e. The smallest absolute Gasteiger partial charge is 0.0711 e. The molecule has 2 nitrogen and oxygen atoms in total. The molecular weight excluding hydrogens is 399 g/mol. The molecule has 0 saturated heterocycles. The minimum Gasteiger partial charge on any atom is -0.369 e. The van der Waals surface area contributed by atoms with Gasteiger partial charge in [-0.15, -0.1) is 35.6 Å². The van der Waals surface area contributed by atoms with Crippen molar-refractivity contribution in [3.05, 3.63) is 71.4 Å². The Bertz CT molecular complexity index is 886. The summed E-state index contributed by atoms with van der Waals surface area (Å²) in [6.07, 6.45) is 4.15. The monoisotopic (exact) mass is 420 g/mol. The Balaban J connectivity index is 0.00000261. The Morgan fingerprint density at radius 2 is 1.59 bits per heavy atom. The topological polar surface area (TPSA) is 16.1 Å². The third-order valence-corrected chi connectivity index (χ3v) is 4.69. The van der Waals surface area contributed by atoms with Crippen LogP contribution in [0.5, 0.6) is 0 Å². The van der Waals surface area contributed by atoms with Crippen LogP contribution in [-0.2, 0) is 0 Å². The van der Waals surface area contributed by atoms with Gasteiger partial charge in [0.05, 0.1) is 11.2 Å². The SMILES string of the molecule is Cc1cc(/C=C/c2ccc(N(CCCl)CCCl)cc2)nc2ccccc12.Cl. The highest BCUT2D eigenvalue weighted by molar-refractivity contribution is 6.18. The molecule has 27 heavy (non-hydrogen) atoms. The fourth-order valence-corrected chi connectivity index (χ4v) is 3.42. The first kappa shape index (κ1) is 21.6. The van der Waals surface area contributed by atoms with Gasteiger partial charge in [-0.1, -0.05) is 36.4 Å². The van der Waals surface area contributed by atoms with E-state index in [1.165, 1.54) is 10.9 Å². The van der Waals surface area contributed by atoms with Crippen molar-refractivity contribution in [3.8, 4) is 0 Å². The molecule has 3 aromatic rings. The van der Waals surface area contributed by atoms with E-state index in [-0.39, 0.29) is 12.4 Å². The minimum atomic E-state index is 0. The number of aryl methyl sites for hydroxylation is 1. The molecule has 0 aliphatic rings. The maximum atomic E-state index is 5.88. The van der Waals surface area contributed by atoms with E-state index in [1.54, 1.807) is 0 Å². The molecule has 0 aliphatic carbocycles. The molecule has 2 aromatic carbocycles. The Morgan fingerprint density at radius 3 is 2.26 bits per heavy atom. The predicted molar refractivity (Wildman–Crippen MR) is 123 cm³/mol. The molecule has 0 radical (unpaired) electrons. The maximum absolute atomic E-state index is 5.88. The molecule has 5 heteroatoms. The van der Waals surface area contributed by atoms with E-state index >= 15 is 0 Å². The van der Waals surface area contributed by atoms with Crippen LogP contribution in [0.4, 0.5) is 5.69 Å². The second kappa shape index (κ2) is 10.6. The molecule has 0 aliphatic heterocycles. The van der Waals surface area contributed by atoms with Crippen molar-refractivity contribution in [1.29, 1.82) is 0 Å². The lowest BCUT2D eigenvalue weighted by Crippen LogP contribution is -2.27. The van der Waals surface area contributed by atoms with Crippen LogP contribution >= 0.6 is 35.6 Å². The van der Waals surface area contributed by atoms with Gasteiger partial charge in [-0.2, -0.15) is 0 Å². The number of para-hydroxylation sites is 1. The quantitative estimate of drug-likeness (QED) is 0.409. The molecule has 0 unspecified atom stereocenters. The lowest BCUT2D eigenvalue weighted by molar-refractivity contribution is 0.874. The van der Waals surface area contributed by atoms with Gasteiger partial charge >= 0.3 is 0 Å². The Labute approximate surface area is 177 Å². The van der Waals surface area contributed by atoms with Crippen LogP contribution in [0, 0.1) is 6.92 Å². The van der Waals surface area contributed by atoms with Gasteiger partial charge in [0.25, 0.3) is 0 Å². The summed E-state index contributed by atoms with van der Waals surface area (Å²) in [7, 11) is 0. The maximum Gasteiger partial charge on any atom is 0.0711 e. The molecule has 1 aromatic heterocycles. The van der Waals surface area contributed by atoms with Crippen molar-refractivity contribution in [2.24, 2.45) is 0 Å². The van der Waals surface area contributed by atoms with Crippen LogP contribution in [0.25, 0.3) is 23.1 Å². The van der Waals surface area contributed by atoms with Crippen LogP contribution in [0.1, 0.15) is 16.8 Å². The van der Waals surface area contributed by atoms with Gasteiger partial charge in [0.1, 0.15) is 0 Å². The number of hydrogen-bond donors (Lipinski definition) is 0. The average molecular weight is 422 g/mol. The van der Waals surface area contributed by atoms with E-state index in [4.69, 9.17) is 28.2 Å². The van der Waals surface area contributed by atoms with Crippen LogP contribution in [0.3, 0.4) is 0 Å². The number of halogens is 3. The normalized spacial score (nSPS) is 10.9. The summed E-state index contributed by atoms with van der Waals surface area (Å²) in [4.78, 5) is 6.92. The number of hydrogen-bond acceptors (Lipinski definition) is 2. The van der Waals surface area contributed by atoms with Crippen molar-refractivity contribution in [2.75, 3.05) is 29.7 Å². The van der Waals surface area contributed by atoms with Gasteiger partial charge in [-0.3, -0.25) is 0 Å². The van der Waals surface area contributed by atoms with Gasteiger partial charge < -0.3 is 4.90 Å². The van der Waals surface area contributed by atoms with Crippen LogP contribution < -0.4 is 4.90 Å². The first-order chi connectivity index (χ1) is 12.7. The fourth-order valence-electron chi connectivity index (χ4n) is 3.01. The third-order valence-electron chi connectivity index (χ3n) is 4.36. The number of nitrogens with zero attached hydrogens (tertiary/aromatic N) is 2. The van der Waals surface area contributed by atoms with Crippen molar-refractivity contribution < 1.29 is 0 Å². The summed E-state index contributed by atoms with van der Waals surface area (Å²) in [6.45, 7) is 3.71. The van der Waals surface area contributed by atoms with Gasteiger partial charge in [0.2, 0.25) is 0 Å². The third kappa shape index (κ3) is 5.62. The highest BCUT2D eigenvalue weighted by Gasteiger charge is 2.05. The van der Waals surface area contributed by atoms with Crippen molar-refractivity contribution in [2.45, 2.75) is 6.92 Å². The minimum absolute atomic E-state index is 0. The predicted octanol–water partition coefficient (Wildman–Crippen LogP) is 6.42. The van der Waals surface area contributed by atoms with Crippen LogP contribution in [-0.4, -0.2) is 29.8 Å². The van der Waals surface area contributed by atoms with Crippen LogP contribution in [0.15, 0.2) is 54.6 Å². The second-order valence-electron chi connectivity index (χ2n) is 6.17. The lowest BCUT2D eigenvalue weighted by Gasteiger charge is -2.22. The Hall–Kier alpha value is -1.74. The molecular formula is C22H23Cl3N2. The molecule has 142 valence electrons. The molecule has 0 atom stereocenters. The summed E-state index contributed by atoms with van der Waals surface area (Å²) in [6, 6.07) is 18.8. The van der Waals surface area contributed by atoms with Gasteiger partial charge in [-0.25, -0.2) is 4.98 Å². The molecule has 0 bridgehead atoms. The summed E-state index contributed by atoms with van der Waals surface area (Å²) in [5.41, 5.74) is 5.51. The van der Waals surface area contributed by atoms with E-state index in [1.807, 2.05) is 12.1 Å². The first-order valence-electron chi connectivity index (χ1n) is 8.72. The lowest BCUT2D eigenvalue weighted by atomic mass is 10.1. The second-order valence-corrected chi connectivity index (χ2v) is 6.93. The first-order valence-corrected chi connectivity index (χ1v) is 9.79. The molecule has 3 rings (SSSR count). The van der Waals surface area contributed by atoms with E-state index in [0.29, 0.717) is 11.8 Å². The molecule has 0 fully saturated rings. The van der Waals surface area contributed by atoms with Crippen LogP contribution in [0.2, 0.25) is 0 Å². The Morgan fingerprint density at radius 1 is 0.926 bits per heavy atom. The highest BCUT2D eigenvalue weighted by atomic mass is 35.5. The van der Waals surface area contributed by atoms with E-state index in [9.17, 15) is 0 Å². The van der Waals surface area contributed by atoms with Crippen molar-refractivity contribution in [3.63, 3.8) is 0 Å². The van der Waals surface area contributed by atoms with E-state index in [2.05, 4.69) is 66.4 Å². The molecule has 0 amide bonds. The van der Waals surface area contributed by atoms with E-state index in [0.717, 1.165) is 35.6 Å². The van der Waals surface area contributed by atoms with Crippen molar-refractivity contribution in [1.82, 2.24) is 4.98 Å². The zero-order valence-corrected chi connectivity index (χ0v) is 17.6. The number of rotatable bonds is 7. The number of anilines is 1. The molecule has 0 spiro atoms. The van der Waals surface area contributed by atoms with Gasteiger partial charge in [0.15, 0.2) is 0 Å². The summed E-state index contributed by atoms with van der Waals surface area (Å²) in [5, 5.41) is 1.20. The number of fused-ring (bicyclic) bond motifs is 1. The van der Waals surface area contributed by atoms with Gasteiger partial charge in [-0.05, 0) is 48.4 Å². The van der Waals surface area contributed by atoms with Gasteiger partial charge in [0, 0.05) is 35.9 Å². The zero-order chi connectivity index (χ0) is 18.4. The molecule has 0 N–H and O–H groups in total. The number of alkyl halides is 2. The van der Waals surface area contributed by atoms with Crippen molar-refractivity contribution >= 4 is 64.4 Å². The average Bonchev–Trinajstić information content (AvgIpc) is 2.67. The summed E-state index contributed by atoms with van der Waals surface area (Å²) < 4.78 is 0. The van der Waals surface area contributed by atoms with E-state index < -0.39 is 0 Å². The summed E-state index contributed by atoms with van der Waals surface area (Å²) >= 11 is 11.8. The number of aromatic nitrogens is 1. The number of benzene rings is 2. The highest BCUT2D eigenvalue weighted by Crippen LogP contribution is 2.20. The Kier molecular flexibility index (Phi) is 8.43. The molecule has 1 heterocycles. The standard InChI is InChI=1S/C22H22Cl2N2.ClH/c1-17-16-19(25-22-5-3-2-4-21(17)22)9-6-18-7-10-20(11-8-18)26(14-12-23)15-13-24;/h2-11,16H,12-15H2,1H3;1H/b9-6+;. The number of pyridine rings is 1. The summed E-state index contributed by atoms with van der Waals surface area (Å²) in [5.74, 6) is 1.18. The zero-order valence-electron chi connectivity index (χ0n) is 15.2.